The van der Waals surface area contributed by atoms with Crippen molar-refractivity contribution in [2.45, 2.75) is 38.6 Å². The van der Waals surface area contributed by atoms with Crippen LogP contribution in [0.3, 0.4) is 0 Å². The molecule has 1 heterocycles. The minimum atomic E-state index is -0.408. The van der Waals surface area contributed by atoms with E-state index >= 15 is 0 Å². The summed E-state index contributed by atoms with van der Waals surface area (Å²) in [5.74, 6) is -0.151. The molecule has 3 N–H and O–H groups in total. The van der Waals surface area contributed by atoms with E-state index in [4.69, 9.17) is 5.11 Å². The molecular formula is C12H17N3O3. The highest BCUT2D eigenvalue weighted by atomic mass is 16.3. The number of carbonyl (C=O) groups is 1. The van der Waals surface area contributed by atoms with Crippen molar-refractivity contribution in [2.75, 3.05) is 6.61 Å². The Hall–Kier alpha value is -1.69. The number of hydrogen-bond acceptors (Lipinski definition) is 4. The van der Waals surface area contributed by atoms with Crippen molar-refractivity contribution < 1.29 is 9.90 Å². The van der Waals surface area contributed by atoms with Gasteiger partial charge in [-0.1, -0.05) is 0 Å². The molecule has 0 radical (unpaired) electrons. The molecule has 18 heavy (non-hydrogen) atoms. The zero-order valence-corrected chi connectivity index (χ0v) is 10.5. The highest BCUT2D eigenvalue weighted by Crippen LogP contribution is 2.34. The summed E-state index contributed by atoms with van der Waals surface area (Å²) in [6.07, 6.45) is 1.80. The smallest absolute Gasteiger partial charge is 0.345 e. The number of carbonyl (C=O) groups excluding carboxylic acids is 1. The Morgan fingerprint density at radius 3 is 2.67 bits per heavy atom. The number of aliphatic hydroxyl groups is 1. The largest absolute Gasteiger partial charge is 0.394 e. The number of aliphatic hydroxyl groups excluding tert-OH is 1. The standard InChI is InChI=1S/C12H17N3O3/c1-7-9(8(2)14-11(18)13-7)5-10(17)15-12(6-16)3-4-12/h16H,3-6H2,1-2H3,(H,15,17)(H,13,14,18). The quantitative estimate of drug-likeness (QED) is 0.676. The van der Waals surface area contributed by atoms with E-state index in [0.29, 0.717) is 11.4 Å². The van der Waals surface area contributed by atoms with E-state index in [-0.39, 0.29) is 18.9 Å². The molecule has 6 heteroatoms. The van der Waals surface area contributed by atoms with Crippen LogP contribution >= 0.6 is 0 Å². The van der Waals surface area contributed by atoms with Gasteiger partial charge in [-0.05, 0) is 26.7 Å². The van der Waals surface area contributed by atoms with Crippen molar-refractivity contribution in [3.05, 3.63) is 27.4 Å². The molecule has 0 bridgehead atoms. The van der Waals surface area contributed by atoms with Crippen molar-refractivity contribution in [3.8, 4) is 0 Å². The van der Waals surface area contributed by atoms with E-state index in [2.05, 4.69) is 15.3 Å². The second-order valence-corrected chi connectivity index (χ2v) is 4.89. The number of aromatic amines is 1. The molecule has 1 aromatic heterocycles. The highest BCUT2D eigenvalue weighted by Gasteiger charge is 2.43. The highest BCUT2D eigenvalue weighted by molar-refractivity contribution is 5.80. The van der Waals surface area contributed by atoms with Crippen LogP contribution in [-0.4, -0.2) is 33.1 Å². The summed E-state index contributed by atoms with van der Waals surface area (Å²) in [4.78, 5) is 29.4. The Morgan fingerprint density at radius 1 is 1.50 bits per heavy atom. The summed E-state index contributed by atoms with van der Waals surface area (Å²) in [7, 11) is 0. The summed E-state index contributed by atoms with van der Waals surface area (Å²) in [6.45, 7) is 3.43. The van der Waals surface area contributed by atoms with Crippen molar-refractivity contribution in [3.63, 3.8) is 0 Å². The number of amides is 1. The maximum absolute atomic E-state index is 11.9. The van der Waals surface area contributed by atoms with Crippen LogP contribution in [0.2, 0.25) is 0 Å². The SMILES string of the molecule is Cc1nc(=O)[nH]c(C)c1CC(=O)NC1(CO)CC1. The first-order valence-electron chi connectivity index (χ1n) is 5.94. The number of aryl methyl sites for hydroxylation is 2. The minimum Gasteiger partial charge on any atom is -0.394 e. The number of hydrogen-bond donors (Lipinski definition) is 3. The predicted octanol–water partition coefficient (Wildman–Crippen LogP) is -0.430. The molecule has 6 nitrogen and oxygen atoms in total. The van der Waals surface area contributed by atoms with E-state index < -0.39 is 11.2 Å². The van der Waals surface area contributed by atoms with E-state index in [9.17, 15) is 9.59 Å². The Bertz CT molecular complexity index is 506. The van der Waals surface area contributed by atoms with Gasteiger partial charge in [-0.3, -0.25) is 4.79 Å². The first-order valence-corrected chi connectivity index (χ1v) is 5.94. The lowest BCUT2D eigenvalue weighted by Crippen LogP contribution is -2.40. The van der Waals surface area contributed by atoms with Crippen LogP contribution in [0.1, 0.15) is 29.8 Å². The number of aromatic nitrogens is 2. The molecule has 0 spiro atoms. The van der Waals surface area contributed by atoms with Gasteiger partial charge >= 0.3 is 5.69 Å². The van der Waals surface area contributed by atoms with Crippen molar-refractivity contribution in [1.82, 2.24) is 15.3 Å². The Balaban J connectivity index is 2.10. The van der Waals surface area contributed by atoms with Gasteiger partial charge < -0.3 is 15.4 Å². The summed E-state index contributed by atoms with van der Waals surface area (Å²) < 4.78 is 0. The summed E-state index contributed by atoms with van der Waals surface area (Å²) >= 11 is 0. The topological polar surface area (TPSA) is 95.1 Å². The Morgan fingerprint density at radius 2 is 2.17 bits per heavy atom. The van der Waals surface area contributed by atoms with Crippen molar-refractivity contribution in [1.29, 1.82) is 0 Å². The van der Waals surface area contributed by atoms with Gasteiger partial charge in [0.25, 0.3) is 0 Å². The fraction of sp³-hybridized carbons (Fsp3) is 0.583. The summed E-state index contributed by atoms with van der Waals surface area (Å²) in [5, 5.41) is 12.0. The molecule has 0 aromatic carbocycles. The lowest BCUT2D eigenvalue weighted by molar-refractivity contribution is -0.121. The van der Waals surface area contributed by atoms with Crippen molar-refractivity contribution >= 4 is 5.91 Å². The molecule has 1 saturated carbocycles. The summed E-state index contributed by atoms with van der Waals surface area (Å²) in [5.41, 5.74) is 1.16. The van der Waals surface area contributed by atoms with Crippen LogP contribution in [0.15, 0.2) is 4.79 Å². The lowest BCUT2D eigenvalue weighted by Gasteiger charge is -2.15. The van der Waals surface area contributed by atoms with Crippen molar-refractivity contribution in [2.24, 2.45) is 0 Å². The number of nitrogens with one attached hydrogen (secondary N) is 2. The molecule has 0 atom stereocenters. The first kappa shape index (κ1) is 12.8. The third kappa shape index (κ3) is 2.59. The number of H-pyrrole nitrogens is 1. The first-order chi connectivity index (χ1) is 8.46. The average molecular weight is 251 g/mol. The van der Waals surface area contributed by atoms with Crippen LogP contribution in [0, 0.1) is 13.8 Å². The zero-order valence-electron chi connectivity index (χ0n) is 10.5. The molecule has 1 fully saturated rings. The molecule has 2 rings (SSSR count). The van der Waals surface area contributed by atoms with Gasteiger partial charge in [0.2, 0.25) is 5.91 Å². The monoisotopic (exact) mass is 251 g/mol. The molecule has 1 aromatic rings. The van der Waals surface area contributed by atoms with Crippen LogP contribution < -0.4 is 11.0 Å². The van der Waals surface area contributed by atoms with E-state index in [1.807, 2.05) is 0 Å². The predicted molar refractivity (Wildman–Crippen MR) is 65.2 cm³/mol. The van der Waals surface area contributed by atoms with Gasteiger partial charge in [0.1, 0.15) is 0 Å². The Kier molecular flexibility index (Phi) is 3.21. The lowest BCUT2D eigenvalue weighted by atomic mass is 10.1. The zero-order chi connectivity index (χ0) is 13.3. The second-order valence-electron chi connectivity index (χ2n) is 4.89. The molecule has 0 saturated heterocycles. The average Bonchev–Trinajstić information content (AvgIpc) is 3.04. The van der Waals surface area contributed by atoms with Gasteiger partial charge in [0.05, 0.1) is 18.6 Å². The fourth-order valence-corrected chi connectivity index (χ4v) is 1.99. The van der Waals surface area contributed by atoms with Gasteiger partial charge in [0, 0.05) is 17.0 Å². The third-order valence-corrected chi connectivity index (χ3v) is 3.35. The molecule has 0 aliphatic heterocycles. The normalized spacial score (nSPS) is 16.4. The minimum absolute atomic E-state index is 0.0272. The maximum atomic E-state index is 11.9. The van der Waals surface area contributed by atoms with Gasteiger partial charge in [0.15, 0.2) is 0 Å². The summed E-state index contributed by atoms with van der Waals surface area (Å²) in [6, 6.07) is 0. The number of nitrogens with zero attached hydrogens (tertiary/aromatic N) is 1. The maximum Gasteiger partial charge on any atom is 0.345 e. The van der Waals surface area contributed by atoms with Gasteiger partial charge in [-0.2, -0.15) is 4.98 Å². The molecule has 0 unspecified atom stereocenters. The van der Waals surface area contributed by atoms with Crippen LogP contribution in [-0.2, 0) is 11.2 Å². The third-order valence-electron chi connectivity index (χ3n) is 3.35. The van der Waals surface area contributed by atoms with E-state index in [0.717, 1.165) is 18.4 Å². The number of rotatable bonds is 4. The van der Waals surface area contributed by atoms with E-state index in [1.54, 1.807) is 13.8 Å². The second kappa shape index (κ2) is 4.53. The van der Waals surface area contributed by atoms with Crippen LogP contribution in [0.4, 0.5) is 0 Å². The fourth-order valence-electron chi connectivity index (χ4n) is 1.99. The molecule has 1 amide bonds. The Labute approximate surface area is 104 Å². The van der Waals surface area contributed by atoms with Gasteiger partial charge in [-0.15, -0.1) is 0 Å². The van der Waals surface area contributed by atoms with Crippen LogP contribution in [0.5, 0.6) is 0 Å². The molecule has 1 aliphatic rings. The molecular weight excluding hydrogens is 234 g/mol. The molecule has 1 aliphatic carbocycles. The van der Waals surface area contributed by atoms with Crippen LogP contribution in [0.25, 0.3) is 0 Å². The molecule has 98 valence electrons. The van der Waals surface area contributed by atoms with E-state index in [1.165, 1.54) is 0 Å². The van der Waals surface area contributed by atoms with Gasteiger partial charge in [-0.25, -0.2) is 4.79 Å².